The molecule has 0 saturated carbocycles. The minimum Gasteiger partial charge on any atom is -0.330 e. The Hall–Kier alpha value is -0.540. The molecule has 0 spiro atoms. The summed E-state index contributed by atoms with van der Waals surface area (Å²) in [6.07, 6.45) is 1.72. The van der Waals surface area contributed by atoms with Gasteiger partial charge < -0.3 is 5.73 Å². The van der Waals surface area contributed by atoms with Crippen LogP contribution < -0.4 is 5.73 Å². The predicted molar refractivity (Wildman–Crippen MR) is 60.2 cm³/mol. The van der Waals surface area contributed by atoms with E-state index in [4.69, 9.17) is 5.73 Å². The van der Waals surface area contributed by atoms with Crippen LogP contribution in [0.25, 0.3) is 0 Å². The van der Waals surface area contributed by atoms with Crippen LogP contribution in [0.4, 0.5) is 4.39 Å². The third-order valence-corrected chi connectivity index (χ3v) is 3.24. The minimum absolute atomic E-state index is 0.128. The summed E-state index contributed by atoms with van der Waals surface area (Å²) in [5, 5.41) is 0. The molecule has 3 heteroatoms. The fraction of sp³-hybridized carbons (Fsp3) is 0.455. The molecule has 14 heavy (non-hydrogen) atoms. The van der Waals surface area contributed by atoms with Crippen LogP contribution in [0.15, 0.2) is 23.1 Å². The van der Waals surface area contributed by atoms with Crippen molar-refractivity contribution >= 4 is 11.8 Å². The van der Waals surface area contributed by atoms with E-state index in [2.05, 4.69) is 6.92 Å². The maximum atomic E-state index is 13.4. The van der Waals surface area contributed by atoms with Gasteiger partial charge in [0.1, 0.15) is 5.82 Å². The van der Waals surface area contributed by atoms with E-state index in [-0.39, 0.29) is 5.82 Å². The van der Waals surface area contributed by atoms with Crippen molar-refractivity contribution in [3.05, 3.63) is 29.6 Å². The molecule has 0 fully saturated rings. The van der Waals surface area contributed by atoms with Gasteiger partial charge in [0, 0.05) is 10.5 Å². The number of nitrogens with two attached hydrogens (primary N) is 1. The van der Waals surface area contributed by atoms with Crippen molar-refractivity contribution in [1.29, 1.82) is 0 Å². The van der Waals surface area contributed by atoms with E-state index in [1.165, 1.54) is 6.07 Å². The van der Waals surface area contributed by atoms with Crippen LogP contribution in [-0.4, -0.2) is 12.3 Å². The highest BCUT2D eigenvalue weighted by Gasteiger charge is 2.07. The van der Waals surface area contributed by atoms with Crippen molar-refractivity contribution in [2.24, 2.45) is 5.73 Å². The zero-order chi connectivity index (χ0) is 10.4. The fourth-order valence-corrected chi connectivity index (χ4v) is 2.25. The summed E-state index contributed by atoms with van der Waals surface area (Å²) < 4.78 is 13.4. The molecule has 78 valence electrons. The summed E-state index contributed by atoms with van der Waals surface area (Å²) >= 11 is 1.71. The first kappa shape index (κ1) is 11.5. The molecule has 0 aliphatic carbocycles. The van der Waals surface area contributed by atoms with E-state index < -0.39 is 0 Å². The zero-order valence-electron chi connectivity index (χ0n) is 8.42. The molecule has 1 rings (SSSR count). The summed E-state index contributed by atoms with van der Waals surface area (Å²) in [4.78, 5) is 1.04. The minimum atomic E-state index is -0.128. The molecule has 0 heterocycles. The normalized spacial score (nSPS) is 10.5. The summed E-state index contributed by atoms with van der Waals surface area (Å²) in [5.74, 6) is 0.901. The molecule has 0 saturated heterocycles. The van der Waals surface area contributed by atoms with Crippen LogP contribution in [0.3, 0.4) is 0 Å². The number of thioether (sulfide) groups is 1. The molecule has 1 aromatic carbocycles. The fourth-order valence-electron chi connectivity index (χ4n) is 1.27. The molecule has 1 nitrogen and oxygen atoms in total. The lowest BCUT2D eigenvalue weighted by molar-refractivity contribution is 0.603. The average molecular weight is 213 g/mol. The van der Waals surface area contributed by atoms with Gasteiger partial charge in [-0.05, 0) is 37.3 Å². The highest BCUT2D eigenvalue weighted by atomic mass is 32.2. The van der Waals surface area contributed by atoms with Gasteiger partial charge in [0.25, 0.3) is 0 Å². The highest BCUT2D eigenvalue weighted by molar-refractivity contribution is 7.99. The van der Waals surface area contributed by atoms with E-state index in [0.29, 0.717) is 13.0 Å². The van der Waals surface area contributed by atoms with Crippen molar-refractivity contribution in [2.45, 2.75) is 24.7 Å². The Kier molecular flexibility index (Phi) is 4.98. The summed E-state index contributed by atoms with van der Waals surface area (Å²) in [6, 6.07) is 5.22. The maximum absolute atomic E-state index is 13.4. The van der Waals surface area contributed by atoms with Gasteiger partial charge in [0.2, 0.25) is 0 Å². The highest BCUT2D eigenvalue weighted by Crippen LogP contribution is 2.25. The second-order valence-electron chi connectivity index (χ2n) is 3.10. The Balaban J connectivity index is 2.83. The molecule has 0 radical (unpaired) electrons. The monoisotopic (exact) mass is 213 g/mol. The third-order valence-electron chi connectivity index (χ3n) is 1.93. The van der Waals surface area contributed by atoms with Crippen LogP contribution >= 0.6 is 11.8 Å². The topological polar surface area (TPSA) is 26.0 Å². The van der Waals surface area contributed by atoms with Crippen LogP contribution in [0.2, 0.25) is 0 Å². The van der Waals surface area contributed by atoms with Crippen molar-refractivity contribution in [2.75, 3.05) is 12.3 Å². The van der Waals surface area contributed by atoms with Gasteiger partial charge >= 0.3 is 0 Å². The van der Waals surface area contributed by atoms with Gasteiger partial charge in [-0.1, -0.05) is 13.0 Å². The number of halogens is 1. The summed E-state index contributed by atoms with van der Waals surface area (Å²) in [5.41, 5.74) is 6.22. The first-order valence-corrected chi connectivity index (χ1v) is 5.88. The van der Waals surface area contributed by atoms with Crippen molar-refractivity contribution in [1.82, 2.24) is 0 Å². The second-order valence-corrected chi connectivity index (χ2v) is 4.24. The van der Waals surface area contributed by atoms with Crippen molar-refractivity contribution < 1.29 is 4.39 Å². The average Bonchev–Trinajstić information content (AvgIpc) is 2.19. The molecular weight excluding hydrogens is 197 g/mol. The van der Waals surface area contributed by atoms with E-state index in [0.717, 1.165) is 22.6 Å². The standard InChI is InChI=1S/C11H16FNS/c1-2-8-14-11-5-3-4-10(12)9(11)6-7-13/h3-5H,2,6-8,13H2,1H3. The molecular formula is C11H16FNS. The van der Waals surface area contributed by atoms with Crippen molar-refractivity contribution in [3.8, 4) is 0 Å². The molecule has 0 aliphatic heterocycles. The van der Waals surface area contributed by atoms with Crippen LogP contribution in [0.5, 0.6) is 0 Å². The Morgan fingerprint density at radius 2 is 2.21 bits per heavy atom. The Morgan fingerprint density at radius 3 is 2.86 bits per heavy atom. The zero-order valence-corrected chi connectivity index (χ0v) is 9.24. The molecule has 0 atom stereocenters. The predicted octanol–water partition coefficient (Wildman–Crippen LogP) is 2.83. The molecule has 0 unspecified atom stereocenters. The van der Waals surface area contributed by atoms with Gasteiger partial charge in [-0.3, -0.25) is 0 Å². The van der Waals surface area contributed by atoms with Gasteiger partial charge in [-0.2, -0.15) is 0 Å². The smallest absolute Gasteiger partial charge is 0.127 e. The Morgan fingerprint density at radius 1 is 1.43 bits per heavy atom. The van der Waals surface area contributed by atoms with Crippen LogP contribution in [0, 0.1) is 5.82 Å². The molecule has 2 N–H and O–H groups in total. The number of benzene rings is 1. The van der Waals surface area contributed by atoms with Gasteiger partial charge in [0.15, 0.2) is 0 Å². The van der Waals surface area contributed by atoms with Crippen LogP contribution in [0.1, 0.15) is 18.9 Å². The summed E-state index contributed by atoms with van der Waals surface area (Å²) in [7, 11) is 0. The Labute approximate surface area is 88.9 Å². The van der Waals surface area contributed by atoms with Gasteiger partial charge in [0.05, 0.1) is 0 Å². The van der Waals surface area contributed by atoms with E-state index in [9.17, 15) is 4.39 Å². The number of hydrogen-bond donors (Lipinski definition) is 1. The van der Waals surface area contributed by atoms with E-state index in [1.54, 1.807) is 17.8 Å². The first-order valence-electron chi connectivity index (χ1n) is 4.89. The van der Waals surface area contributed by atoms with Crippen molar-refractivity contribution in [3.63, 3.8) is 0 Å². The largest absolute Gasteiger partial charge is 0.330 e. The SMILES string of the molecule is CCCSc1cccc(F)c1CCN. The number of hydrogen-bond acceptors (Lipinski definition) is 2. The number of rotatable bonds is 5. The molecule has 0 aliphatic rings. The van der Waals surface area contributed by atoms with Crippen LogP contribution in [-0.2, 0) is 6.42 Å². The molecule has 0 amide bonds. The quantitative estimate of drug-likeness (QED) is 0.761. The Bertz CT molecular complexity index is 289. The second kappa shape index (κ2) is 6.04. The summed E-state index contributed by atoms with van der Waals surface area (Å²) in [6.45, 7) is 2.62. The first-order chi connectivity index (χ1) is 6.79. The lowest BCUT2D eigenvalue weighted by Gasteiger charge is -2.08. The lowest BCUT2D eigenvalue weighted by Crippen LogP contribution is -2.05. The molecule has 0 aromatic heterocycles. The van der Waals surface area contributed by atoms with E-state index in [1.807, 2.05) is 6.07 Å². The van der Waals surface area contributed by atoms with Gasteiger partial charge in [-0.15, -0.1) is 11.8 Å². The van der Waals surface area contributed by atoms with Gasteiger partial charge in [-0.25, -0.2) is 4.39 Å². The maximum Gasteiger partial charge on any atom is 0.127 e. The third kappa shape index (κ3) is 3.00. The molecule has 0 bridgehead atoms. The van der Waals surface area contributed by atoms with E-state index >= 15 is 0 Å². The lowest BCUT2D eigenvalue weighted by atomic mass is 10.1. The molecule has 1 aromatic rings.